The molecule has 1 unspecified atom stereocenters. The van der Waals surface area contributed by atoms with E-state index in [0.29, 0.717) is 19.5 Å². The highest BCUT2D eigenvalue weighted by atomic mass is 16.5. The van der Waals surface area contributed by atoms with Gasteiger partial charge in [0.1, 0.15) is 11.3 Å². The zero-order valence-corrected chi connectivity index (χ0v) is 11.8. The number of nitrogens with zero attached hydrogens (tertiary/aromatic N) is 4. The predicted molar refractivity (Wildman–Crippen MR) is 77.3 cm³/mol. The van der Waals surface area contributed by atoms with Crippen LogP contribution in [0.15, 0.2) is 29.4 Å². The Bertz CT molecular complexity index is 501. The molecule has 1 aromatic rings. The fourth-order valence-electron chi connectivity index (χ4n) is 1.80. The number of nitrogens with one attached hydrogen (secondary N) is 1. The summed E-state index contributed by atoms with van der Waals surface area (Å²) in [6.07, 6.45) is 1.48. The number of azide groups is 1. The van der Waals surface area contributed by atoms with Crippen LogP contribution in [0.2, 0.25) is 0 Å². The summed E-state index contributed by atoms with van der Waals surface area (Å²) >= 11 is 0. The lowest BCUT2D eigenvalue weighted by molar-refractivity contribution is 0.413. The Morgan fingerprint density at radius 1 is 1.45 bits per heavy atom. The van der Waals surface area contributed by atoms with Crippen LogP contribution in [0, 0.1) is 11.3 Å². The van der Waals surface area contributed by atoms with Crippen molar-refractivity contribution in [2.24, 2.45) is 5.11 Å². The third-order valence-corrected chi connectivity index (χ3v) is 3.11. The molecule has 6 nitrogen and oxygen atoms in total. The summed E-state index contributed by atoms with van der Waals surface area (Å²) in [6, 6.07) is 10.1. The molecule has 0 saturated carbocycles. The van der Waals surface area contributed by atoms with Crippen molar-refractivity contribution in [1.29, 1.82) is 5.26 Å². The third-order valence-electron chi connectivity index (χ3n) is 3.11. The van der Waals surface area contributed by atoms with Gasteiger partial charge in [-0.2, -0.15) is 5.26 Å². The van der Waals surface area contributed by atoms with Crippen LogP contribution in [0.25, 0.3) is 10.4 Å². The van der Waals surface area contributed by atoms with Crippen molar-refractivity contribution in [3.05, 3.63) is 40.3 Å². The van der Waals surface area contributed by atoms with E-state index in [1.165, 1.54) is 0 Å². The van der Waals surface area contributed by atoms with E-state index in [0.717, 1.165) is 17.7 Å². The minimum absolute atomic E-state index is 0.344. The second kappa shape index (κ2) is 8.05. The minimum atomic E-state index is -0.620. The molecule has 6 heteroatoms. The normalized spacial score (nSPS) is 12.8. The van der Waals surface area contributed by atoms with Crippen molar-refractivity contribution < 1.29 is 4.74 Å². The summed E-state index contributed by atoms with van der Waals surface area (Å²) in [5.74, 6) is 0.823. The molecule has 0 aliphatic carbocycles. The first-order chi connectivity index (χ1) is 9.63. The largest absolute Gasteiger partial charge is 0.497 e. The average molecular weight is 273 g/mol. The molecule has 0 heterocycles. The summed E-state index contributed by atoms with van der Waals surface area (Å²) in [7, 11) is 1.63. The van der Waals surface area contributed by atoms with Gasteiger partial charge in [0.15, 0.2) is 0 Å². The maximum atomic E-state index is 9.27. The highest BCUT2D eigenvalue weighted by molar-refractivity contribution is 5.27. The van der Waals surface area contributed by atoms with Crippen molar-refractivity contribution in [3.63, 3.8) is 0 Å². The van der Waals surface area contributed by atoms with Gasteiger partial charge >= 0.3 is 0 Å². The van der Waals surface area contributed by atoms with Gasteiger partial charge in [0.05, 0.1) is 13.2 Å². The molecule has 0 aliphatic heterocycles. The number of methoxy groups -OCH3 is 1. The summed E-state index contributed by atoms with van der Waals surface area (Å²) < 4.78 is 5.11. The average Bonchev–Trinajstić information content (AvgIpc) is 2.50. The van der Waals surface area contributed by atoms with Crippen LogP contribution in [0.3, 0.4) is 0 Å². The molecule has 0 amide bonds. The van der Waals surface area contributed by atoms with Crippen LogP contribution in [-0.4, -0.2) is 25.7 Å². The molecule has 1 aromatic carbocycles. The summed E-state index contributed by atoms with van der Waals surface area (Å²) in [5.41, 5.74) is 8.74. The van der Waals surface area contributed by atoms with Crippen molar-refractivity contribution in [1.82, 2.24) is 5.32 Å². The molecule has 0 fully saturated rings. The molecule has 0 bridgehead atoms. The van der Waals surface area contributed by atoms with Gasteiger partial charge < -0.3 is 4.74 Å². The topological polar surface area (TPSA) is 93.8 Å². The lowest BCUT2D eigenvalue weighted by Crippen LogP contribution is -2.42. The lowest BCUT2D eigenvalue weighted by Gasteiger charge is -2.23. The van der Waals surface area contributed by atoms with E-state index in [9.17, 15) is 5.26 Å². The molecule has 1 rings (SSSR count). The van der Waals surface area contributed by atoms with Gasteiger partial charge in [0.25, 0.3) is 0 Å². The number of rotatable bonds is 8. The predicted octanol–water partition coefficient (Wildman–Crippen LogP) is 2.81. The van der Waals surface area contributed by atoms with Gasteiger partial charge in [-0.05, 0) is 43.0 Å². The molecule has 106 valence electrons. The number of nitriles is 1. The number of hydrogen-bond acceptors (Lipinski definition) is 4. The monoisotopic (exact) mass is 273 g/mol. The van der Waals surface area contributed by atoms with E-state index in [1.807, 2.05) is 31.2 Å². The van der Waals surface area contributed by atoms with Gasteiger partial charge in [-0.3, -0.25) is 5.32 Å². The maximum Gasteiger partial charge on any atom is 0.118 e. The van der Waals surface area contributed by atoms with E-state index in [4.69, 9.17) is 10.3 Å². The number of ether oxygens (including phenoxy) is 1. The molecule has 0 spiro atoms. The van der Waals surface area contributed by atoms with Gasteiger partial charge in [-0.1, -0.05) is 17.2 Å². The van der Waals surface area contributed by atoms with Gasteiger partial charge in [0.2, 0.25) is 0 Å². The van der Waals surface area contributed by atoms with E-state index < -0.39 is 5.54 Å². The van der Waals surface area contributed by atoms with Crippen molar-refractivity contribution in [2.75, 3.05) is 20.2 Å². The van der Waals surface area contributed by atoms with E-state index in [2.05, 4.69) is 21.4 Å². The van der Waals surface area contributed by atoms with E-state index in [-0.39, 0.29) is 0 Å². The molecule has 0 saturated heterocycles. The Labute approximate surface area is 119 Å². The molecule has 1 N–H and O–H groups in total. The first-order valence-electron chi connectivity index (χ1n) is 6.43. The Hall–Kier alpha value is -2.22. The molecular formula is C14H19N5O. The molecule has 0 radical (unpaired) electrons. The van der Waals surface area contributed by atoms with Crippen LogP contribution in [0.4, 0.5) is 0 Å². The molecule has 0 aromatic heterocycles. The third kappa shape index (κ3) is 5.19. The highest BCUT2D eigenvalue weighted by Crippen LogP contribution is 2.16. The van der Waals surface area contributed by atoms with Crippen LogP contribution in [-0.2, 0) is 6.42 Å². The highest BCUT2D eigenvalue weighted by Gasteiger charge is 2.22. The Morgan fingerprint density at radius 2 is 2.15 bits per heavy atom. The van der Waals surface area contributed by atoms with Crippen molar-refractivity contribution in [3.8, 4) is 11.8 Å². The summed E-state index contributed by atoms with van der Waals surface area (Å²) in [6.45, 7) is 2.69. The molecule has 20 heavy (non-hydrogen) atoms. The quantitative estimate of drug-likeness (QED) is 0.341. The summed E-state index contributed by atoms with van der Waals surface area (Å²) in [4.78, 5) is 2.68. The Morgan fingerprint density at radius 3 is 2.70 bits per heavy atom. The number of benzene rings is 1. The fraction of sp³-hybridized carbons (Fsp3) is 0.500. The lowest BCUT2D eigenvalue weighted by atomic mass is 9.94. The molecule has 0 aliphatic rings. The van der Waals surface area contributed by atoms with Crippen molar-refractivity contribution in [2.45, 2.75) is 25.3 Å². The number of aryl methyl sites for hydroxylation is 1. The molecule has 1 atom stereocenters. The van der Waals surface area contributed by atoms with Crippen LogP contribution < -0.4 is 10.1 Å². The van der Waals surface area contributed by atoms with Crippen LogP contribution >= 0.6 is 0 Å². The first kappa shape index (κ1) is 15.8. The second-order valence-electron chi connectivity index (χ2n) is 4.67. The molecular weight excluding hydrogens is 254 g/mol. The van der Waals surface area contributed by atoms with E-state index >= 15 is 0 Å². The minimum Gasteiger partial charge on any atom is -0.497 e. The van der Waals surface area contributed by atoms with Crippen molar-refractivity contribution >= 4 is 0 Å². The standard InChI is InChI=1S/C14H19N5O/c1-14(11-15,17-9-10-18-19-16)8-7-12-3-5-13(20-2)6-4-12/h3-6,17H,7-10H2,1-2H3. The van der Waals surface area contributed by atoms with Crippen LogP contribution in [0.5, 0.6) is 5.75 Å². The zero-order chi connectivity index (χ0) is 14.8. The van der Waals surface area contributed by atoms with Gasteiger partial charge in [-0.25, -0.2) is 0 Å². The zero-order valence-electron chi connectivity index (χ0n) is 11.8. The Kier molecular flexibility index (Phi) is 6.38. The second-order valence-corrected chi connectivity index (χ2v) is 4.67. The maximum absolute atomic E-state index is 9.27. The van der Waals surface area contributed by atoms with Gasteiger partial charge in [0, 0.05) is 18.0 Å². The van der Waals surface area contributed by atoms with Gasteiger partial charge in [-0.15, -0.1) is 0 Å². The van der Waals surface area contributed by atoms with Crippen LogP contribution in [0.1, 0.15) is 18.9 Å². The van der Waals surface area contributed by atoms with E-state index in [1.54, 1.807) is 7.11 Å². The SMILES string of the molecule is COc1ccc(CCC(C)(C#N)NCCN=[N+]=[N-])cc1. The number of hydrogen-bond donors (Lipinski definition) is 1. The first-order valence-corrected chi connectivity index (χ1v) is 6.43. The fourth-order valence-corrected chi connectivity index (χ4v) is 1.80. The Balaban J connectivity index is 2.50. The summed E-state index contributed by atoms with van der Waals surface area (Å²) in [5, 5.41) is 15.8. The smallest absolute Gasteiger partial charge is 0.118 e.